The Balaban J connectivity index is 0.00000162. The van der Waals surface area contributed by atoms with Crippen molar-refractivity contribution in [3.8, 4) is 0 Å². The molecule has 0 radical (unpaired) electrons. The van der Waals surface area contributed by atoms with Gasteiger partial charge in [-0.2, -0.15) is 0 Å². The molecule has 2 aromatic carbocycles. The summed E-state index contributed by atoms with van der Waals surface area (Å²) in [6, 6.07) is 16.4. The molecule has 94 valence electrons. The summed E-state index contributed by atoms with van der Waals surface area (Å²) in [6.45, 7) is 0.258. The molecule has 0 heterocycles. The Hall–Kier alpha value is -2.00. The van der Waals surface area contributed by atoms with E-state index in [1.807, 2.05) is 30.3 Å². The van der Waals surface area contributed by atoms with E-state index in [2.05, 4.69) is 0 Å². The van der Waals surface area contributed by atoms with Gasteiger partial charge in [0.1, 0.15) is 6.61 Å². The van der Waals surface area contributed by atoms with Crippen LogP contribution >= 0.6 is 12.4 Å². The molecule has 2 N–H and O–H groups in total. The summed E-state index contributed by atoms with van der Waals surface area (Å²) in [5.41, 5.74) is 7.49. The summed E-state index contributed by atoms with van der Waals surface area (Å²) in [5.74, 6) is -0.396. The van der Waals surface area contributed by atoms with Crippen molar-refractivity contribution in [2.75, 3.05) is 5.73 Å². The van der Waals surface area contributed by atoms with E-state index in [0.717, 1.165) is 5.56 Å². The molecule has 0 aliphatic rings. The number of nitrogen functional groups attached to an aromatic ring is 1. The van der Waals surface area contributed by atoms with Crippen LogP contribution in [0.25, 0.3) is 0 Å². The van der Waals surface area contributed by atoms with Gasteiger partial charge in [-0.3, -0.25) is 0 Å². The minimum atomic E-state index is -0.396. The molecule has 0 unspecified atom stereocenters. The van der Waals surface area contributed by atoms with Gasteiger partial charge in [-0.05, 0) is 17.7 Å². The minimum absolute atomic E-state index is 0. The van der Waals surface area contributed by atoms with Crippen LogP contribution in [0.5, 0.6) is 0 Å². The van der Waals surface area contributed by atoms with Gasteiger partial charge in [0, 0.05) is 5.69 Å². The summed E-state index contributed by atoms with van der Waals surface area (Å²) in [5, 5.41) is 0. The lowest BCUT2D eigenvalue weighted by molar-refractivity contribution is 0.0474. The van der Waals surface area contributed by atoms with Crippen molar-refractivity contribution in [1.82, 2.24) is 0 Å². The molecule has 2 rings (SSSR count). The van der Waals surface area contributed by atoms with Gasteiger partial charge in [-0.1, -0.05) is 42.5 Å². The fourth-order valence-electron chi connectivity index (χ4n) is 1.48. The monoisotopic (exact) mass is 263 g/mol. The molecule has 0 bridgehead atoms. The number of carbonyl (C=O) groups is 1. The van der Waals surface area contributed by atoms with Crippen molar-refractivity contribution in [1.29, 1.82) is 0 Å². The van der Waals surface area contributed by atoms with E-state index in [1.54, 1.807) is 24.3 Å². The van der Waals surface area contributed by atoms with Crippen molar-refractivity contribution in [3.63, 3.8) is 0 Å². The van der Waals surface area contributed by atoms with E-state index in [4.69, 9.17) is 10.5 Å². The quantitative estimate of drug-likeness (QED) is 0.684. The zero-order chi connectivity index (χ0) is 12.1. The van der Waals surface area contributed by atoms with E-state index in [-0.39, 0.29) is 19.0 Å². The molecule has 0 atom stereocenters. The molecule has 18 heavy (non-hydrogen) atoms. The molecule has 0 aliphatic heterocycles. The molecule has 0 amide bonds. The molecule has 2 aromatic rings. The standard InChI is InChI=1S/C14H13NO2.ClH/c15-13-9-5-4-8-12(13)14(16)17-10-11-6-2-1-3-7-11;/h1-9H,10,15H2;1H. The molecule has 3 nitrogen and oxygen atoms in total. The number of para-hydroxylation sites is 1. The average molecular weight is 264 g/mol. The number of ether oxygens (including phenoxy) is 1. The second kappa shape index (κ2) is 6.67. The zero-order valence-corrected chi connectivity index (χ0v) is 10.5. The number of carbonyl (C=O) groups excluding carboxylic acids is 1. The molecule has 0 saturated carbocycles. The Morgan fingerprint density at radius 3 is 2.28 bits per heavy atom. The lowest BCUT2D eigenvalue weighted by Gasteiger charge is -2.06. The van der Waals surface area contributed by atoms with E-state index in [9.17, 15) is 4.79 Å². The van der Waals surface area contributed by atoms with Crippen LogP contribution in [0.1, 0.15) is 15.9 Å². The van der Waals surface area contributed by atoms with Gasteiger partial charge in [0.15, 0.2) is 0 Å². The molecule has 0 spiro atoms. The maximum absolute atomic E-state index is 11.7. The number of hydrogen-bond acceptors (Lipinski definition) is 3. The Kier molecular flexibility index (Phi) is 5.21. The molecule has 4 heteroatoms. The number of benzene rings is 2. The van der Waals surface area contributed by atoms with E-state index >= 15 is 0 Å². The van der Waals surface area contributed by atoms with Crippen molar-refractivity contribution < 1.29 is 9.53 Å². The zero-order valence-electron chi connectivity index (χ0n) is 9.71. The maximum atomic E-state index is 11.7. The summed E-state index contributed by atoms with van der Waals surface area (Å²) in [7, 11) is 0. The number of rotatable bonds is 3. The van der Waals surface area contributed by atoms with E-state index < -0.39 is 5.97 Å². The summed E-state index contributed by atoms with van der Waals surface area (Å²) < 4.78 is 5.18. The molecular formula is C14H14ClNO2. The van der Waals surface area contributed by atoms with Crippen molar-refractivity contribution in [2.45, 2.75) is 6.61 Å². The number of hydrogen-bond donors (Lipinski definition) is 1. The van der Waals surface area contributed by atoms with Gasteiger partial charge >= 0.3 is 5.97 Å². The highest BCUT2D eigenvalue weighted by atomic mass is 35.5. The third kappa shape index (κ3) is 3.50. The average Bonchev–Trinajstić information content (AvgIpc) is 2.38. The third-order valence-corrected chi connectivity index (χ3v) is 2.39. The number of anilines is 1. The highest BCUT2D eigenvalue weighted by Gasteiger charge is 2.09. The first-order valence-electron chi connectivity index (χ1n) is 5.33. The van der Waals surface area contributed by atoms with Gasteiger partial charge in [0.2, 0.25) is 0 Å². The van der Waals surface area contributed by atoms with Crippen LogP contribution in [-0.2, 0) is 11.3 Å². The lowest BCUT2D eigenvalue weighted by atomic mass is 10.2. The summed E-state index contributed by atoms with van der Waals surface area (Å²) in [6.07, 6.45) is 0. The third-order valence-electron chi connectivity index (χ3n) is 2.39. The second-order valence-electron chi connectivity index (χ2n) is 3.65. The smallest absolute Gasteiger partial charge is 0.340 e. The van der Waals surface area contributed by atoms with Crippen LogP contribution in [0.3, 0.4) is 0 Å². The Bertz CT molecular complexity index is 514. The first-order chi connectivity index (χ1) is 8.27. The van der Waals surface area contributed by atoms with Crippen LogP contribution in [0.15, 0.2) is 54.6 Å². The van der Waals surface area contributed by atoms with Crippen molar-refractivity contribution in [3.05, 3.63) is 65.7 Å². The Morgan fingerprint density at radius 1 is 1.00 bits per heavy atom. The van der Waals surface area contributed by atoms with E-state index in [1.165, 1.54) is 0 Å². The molecule has 0 fully saturated rings. The minimum Gasteiger partial charge on any atom is -0.457 e. The molecule has 0 aliphatic carbocycles. The van der Waals surface area contributed by atoms with Crippen LogP contribution in [0.4, 0.5) is 5.69 Å². The van der Waals surface area contributed by atoms with Gasteiger partial charge in [-0.25, -0.2) is 4.79 Å². The maximum Gasteiger partial charge on any atom is 0.340 e. The first kappa shape index (κ1) is 14.1. The van der Waals surface area contributed by atoms with Gasteiger partial charge < -0.3 is 10.5 Å². The molecular weight excluding hydrogens is 250 g/mol. The topological polar surface area (TPSA) is 52.3 Å². The van der Waals surface area contributed by atoms with Crippen LogP contribution < -0.4 is 5.73 Å². The molecule has 0 saturated heterocycles. The largest absolute Gasteiger partial charge is 0.457 e. The predicted molar refractivity (Wildman–Crippen MR) is 73.7 cm³/mol. The van der Waals surface area contributed by atoms with Crippen LogP contribution in [0.2, 0.25) is 0 Å². The normalized spacial score (nSPS) is 9.33. The Morgan fingerprint density at radius 2 is 1.61 bits per heavy atom. The number of esters is 1. The van der Waals surface area contributed by atoms with Crippen molar-refractivity contribution >= 4 is 24.1 Å². The SMILES string of the molecule is Cl.Nc1ccccc1C(=O)OCc1ccccc1. The van der Waals surface area contributed by atoms with Gasteiger partial charge in [0.25, 0.3) is 0 Å². The number of nitrogens with two attached hydrogens (primary N) is 1. The van der Waals surface area contributed by atoms with E-state index in [0.29, 0.717) is 11.3 Å². The molecule has 0 aromatic heterocycles. The van der Waals surface area contributed by atoms with Crippen molar-refractivity contribution in [2.24, 2.45) is 0 Å². The van der Waals surface area contributed by atoms with Crippen LogP contribution in [-0.4, -0.2) is 5.97 Å². The second-order valence-corrected chi connectivity index (χ2v) is 3.65. The summed E-state index contributed by atoms with van der Waals surface area (Å²) in [4.78, 5) is 11.7. The first-order valence-corrected chi connectivity index (χ1v) is 5.33. The highest BCUT2D eigenvalue weighted by Crippen LogP contribution is 2.13. The fraction of sp³-hybridized carbons (Fsp3) is 0.0714. The van der Waals surface area contributed by atoms with Gasteiger partial charge in [-0.15, -0.1) is 12.4 Å². The number of halogens is 1. The Labute approximate surface area is 112 Å². The van der Waals surface area contributed by atoms with Gasteiger partial charge in [0.05, 0.1) is 5.56 Å². The highest BCUT2D eigenvalue weighted by molar-refractivity contribution is 5.94. The predicted octanol–water partition coefficient (Wildman–Crippen LogP) is 3.05. The lowest BCUT2D eigenvalue weighted by Crippen LogP contribution is -2.07. The fourth-order valence-corrected chi connectivity index (χ4v) is 1.48. The van der Waals surface area contributed by atoms with Crippen LogP contribution in [0, 0.1) is 0 Å². The summed E-state index contributed by atoms with van der Waals surface area (Å²) >= 11 is 0.